The molecule has 0 aromatic heterocycles. The van der Waals surface area contributed by atoms with E-state index in [1.165, 1.54) is 71.0 Å². The summed E-state index contributed by atoms with van der Waals surface area (Å²) in [5, 5.41) is 8.89. The quantitative estimate of drug-likeness (QED) is 0.712. The Balaban J connectivity index is 0.000000711. The molecule has 0 aromatic rings. The number of piperidine rings is 1. The van der Waals surface area contributed by atoms with Gasteiger partial charge in [-0.1, -0.05) is 39.5 Å². The summed E-state index contributed by atoms with van der Waals surface area (Å²) in [7, 11) is 0. The van der Waals surface area contributed by atoms with Crippen LogP contribution in [0.25, 0.3) is 0 Å². The molecule has 19 heavy (non-hydrogen) atoms. The van der Waals surface area contributed by atoms with Crippen LogP contribution < -0.4 is 10.0 Å². The van der Waals surface area contributed by atoms with E-state index in [1.807, 2.05) is 4.90 Å². The van der Waals surface area contributed by atoms with Gasteiger partial charge in [-0.25, -0.2) is 0 Å². The van der Waals surface area contributed by atoms with Crippen molar-refractivity contribution in [2.24, 2.45) is 5.92 Å². The molecule has 0 unspecified atom stereocenters. The molecule has 1 fully saturated rings. The second-order valence-corrected chi connectivity index (χ2v) is 5.78. The molecule has 1 aliphatic rings. The van der Waals surface area contributed by atoms with Crippen molar-refractivity contribution in [3.8, 4) is 0 Å². The average Bonchev–Trinajstić information content (AvgIpc) is 2.37. The lowest BCUT2D eigenvalue weighted by atomic mass is 9.91. The summed E-state index contributed by atoms with van der Waals surface area (Å²) in [5.74, 6) is -0.0140. The van der Waals surface area contributed by atoms with Crippen LogP contribution in [0.4, 0.5) is 0 Å². The molecule has 0 radical (unpaired) electrons. The number of quaternary nitrogens is 1. The summed E-state index contributed by atoms with van der Waals surface area (Å²) in [6.45, 7) is 9.93. The number of carboxylic acid groups (broad SMARTS) is 1. The van der Waals surface area contributed by atoms with E-state index in [0.29, 0.717) is 0 Å². The Labute approximate surface area is 119 Å². The predicted octanol–water partition coefficient (Wildman–Crippen LogP) is 1.42. The molecule has 1 saturated heterocycles. The molecule has 1 aliphatic heterocycles. The minimum Gasteiger partial charge on any atom is -0.550 e. The Bertz CT molecular complexity index is 207. The van der Waals surface area contributed by atoms with Crippen molar-refractivity contribution in [2.75, 3.05) is 19.6 Å². The highest BCUT2D eigenvalue weighted by Crippen LogP contribution is 2.16. The fourth-order valence-corrected chi connectivity index (χ4v) is 2.74. The molecule has 0 aliphatic carbocycles. The summed E-state index contributed by atoms with van der Waals surface area (Å²) < 4.78 is 0. The van der Waals surface area contributed by atoms with E-state index in [2.05, 4.69) is 13.8 Å². The van der Waals surface area contributed by atoms with Crippen molar-refractivity contribution >= 4 is 5.97 Å². The van der Waals surface area contributed by atoms with Crippen LogP contribution in [0.5, 0.6) is 0 Å². The lowest BCUT2D eigenvalue weighted by molar-refractivity contribution is -0.906. The van der Waals surface area contributed by atoms with E-state index < -0.39 is 5.97 Å². The fraction of sp³-hybridized carbons (Fsp3) is 0.938. The second-order valence-electron chi connectivity index (χ2n) is 5.78. The van der Waals surface area contributed by atoms with Crippen LogP contribution in [-0.2, 0) is 4.79 Å². The van der Waals surface area contributed by atoms with Crippen molar-refractivity contribution < 1.29 is 14.8 Å². The Hall–Kier alpha value is -0.570. The Morgan fingerprint density at radius 3 is 2.11 bits per heavy atom. The number of hydrogen-bond acceptors (Lipinski definition) is 2. The van der Waals surface area contributed by atoms with Gasteiger partial charge in [-0.05, 0) is 38.5 Å². The molecule has 1 rings (SSSR count). The van der Waals surface area contributed by atoms with Gasteiger partial charge in [0.2, 0.25) is 0 Å². The first-order valence-electron chi connectivity index (χ1n) is 8.11. The average molecular weight is 271 g/mol. The highest BCUT2D eigenvalue weighted by atomic mass is 16.4. The van der Waals surface area contributed by atoms with Crippen LogP contribution in [0.1, 0.15) is 72.1 Å². The topological polar surface area (TPSA) is 44.6 Å². The number of nitrogens with one attached hydrogen (secondary N) is 1. The largest absolute Gasteiger partial charge is 0.550 e. The van der Waals surface area contributed by atoms with E-state index >= 15 is 0 Å². The van der Waals surface area contributed by atoms with E-state index in [4.69, 9.17) is 9.90 Å². The van der Waals surface area contributed by atoms with Crippen LogP contribution in [0.3, 0.4) is 0 Å². The molecule has 0 atom stereocenters. The van der Waals surface area contributed by atoms with Crippen LogP contribution in [0.2, 0.25) is 0 Å². The molecule has 114 valence electrons. The second kappa shape index (κ2) is 12.5. The number of unbranched alkanes of at least 4 members (excludes halogenated alkanes) is 3. The normalized spacial score (nSPS) is 22.5. The van der Waals surface area contributed by atoms with Crippen molar-refractivity contribution in [2.45, 2.75) is 72.1 Å². The number of carbonyl (C=O) groups is 1. The first-order chi connectivity index (χ1) is 9.10. The highest BCUT2D eigenvalue weighted by Gasteiger charge is 2.20. The van der Waals surface area contributed by atoms with Gasteiger partial charge in [0.1, 0.15) is 0 Å². The summed E-state index contributed by atoms with van der Waals surface area (Å²) in [6, 6.07) is 0. The third-order valence-corrected chi connectivity index (χ3v) is 3.91. The van der Waals surface area contributed by atoms with Crippen LogP contribution in [-0.4, -0.2) is 25.6 Å². The van der Waals surface area contributed by atoms with E-state index in [9.17, 15) is 0 Å². The maximum absolute atomic E-state index is 8.89. The zero-order valence-corrected chi connectivity index (χ0v) is 13.2. The van der Waals surface area contributed by atoms with Crippen molar-refractivity contribution in [3.63, 3.8) is 0 Å². The maximum atomic E-state index is 8.89. The minimum absolute atomic E-state index is 0.972. The lowest BCUT2D eigenvalue weighted by Gasteiger charge is -2.29. The van der Waals surface area contributed by atoms with Gasteiger partial charge in [-0.2, -0.15) is 0 Å². The van der Waals surface area contributed by atoms with Crippen LogP contribution in [0, 0.1) is 5.92 Å². The van der Waals surface area contributed by atoms with Gasteiger partial charge in [0.05, 0.1) is 19.6 Å². The van der Waals surface area contributed by atoms with Gasteiger partial charge in [-0.15, -0.1) is 0 Å². The van der Waals surface area contributed by atoms with Crippen LogP contribution in [0.15, 0.2) is 0 Å². The summed E-state index contributed by atoms with van der Waals surface area (Å²) in [6.07, 6.45) is 11.6. The first kappa shape index (κ1) is 18.4. The zero-order chi connectivity index (χ0) is 14.5. The van der Waals surface area contributed by atoms with Gasteiger partial charge in [-0.3, -0.25) is 0 Å². The maximum Gasteiger partial charge on any atom is 0.0773 e. The number of carboxylic acids is 1. The number of likely N-dealkylation sites (tertiary alicyclic amines) is 1. The smallest absolute Gasteiger partial charge is 0.0773 e. The molecule has 3 nitrogen and oxygen atoms in total. The lowest BCUT2D eigenvalue weighted by Crippen LogP contribution is -3.13. The van der Waals surface area contributed by atoms with Crippen molar-refractivity contribution in [3.05, 3.63) is 0 Å². The van der Waals surface area contributed by atoms with Gasteiger partial charge in [0.15, 0.2) is 0 Å². The SMILES string of the molecule is CC(=O)[O-].CCCCC[NH+]1CCC(CCCC)CC1. The zero-order valence-electron chi connectivity index (χ0n) is 13.2. The molecule has 0 saturated carbocycles. The molecule has 3 heteroatoms. The molecule has 0 spiro atoms. The molecular formula is C16H33NO2. The molecule has 1 N–H and O–H groups in total. The van der Waals surface area contributed by atoms with E-state index in [1.54, 1.807) is 0 Å². The third-order valence-electron chi connectivity index (χ3n) is 3.91. The van der Waals surface area contributed by atoms with Gasteiger partial charge >= 0.3 is 0 Å². The van der Waals surface area contributed by atoms with Crippen molar-refractivity contribution in [1.82, 2.24) is 0 Å². The Kier molecular flexibility index (Phi) is 12.1. The number of rotatable bonds is 7. The van der Waals surface area contributed by atoms with E-state index in [-0.39, 0.29) is 0 Å². The molecule has 1 heterocycles. The Morgan fingerprint density at radius 1 is 1.11 bits per heavy atom. The van der Waals surface area contributed by atoms with E-state index in [0.717, 1.165) is 12.8 Å². The number of carbonyl (C=O) groups excluding carboxylic acids is 1. The van der Waals surface area contributed by atoms with Gasteiger partial charge in [0, 0.05) is 5.97 Å². The standard InChI is InChI=1S/C14H29N.C2H4O2/c1-3-5-7-11-15-12-9-14(10-13-15)8-6-4-2;1-2(3)4/h14H,3-13H2,1-2H3;1H3,(H,3,4). The predicted molar refractivity (Wildman–Crippen MR) is 78.0 cm³/mol. The molecule has 0 amide bonds. The third kappa shape index (κ3) is 12.2. The summed E-state index contributed by atoms with van der Waals surface area (Å²) in [5.41, 5.74) is 0. The number of aliphatic carboxylic acids is 1. The number of hydrogen-bond donors (Lipinski definition) is 1. The minimum atomic E-state index is -1.08. The molecule has 0 bridgehead atoms. The fourth-order valence-electron chi connectivity index (χ4n) is 2.74. The first-order valence-corrected chi connectivity index (χ1v) is 8.11. The molecular weight excluding hydrogens is 238 g/mol. The van der Waals surface area contributed by atoms with Gasteiger partial charge in [0.25, 0.3) is 0 Å². The van der Waals surface area contributed by atoms with Crippen molar-refractivity contribution in [1.29, 1.82) is 0 Å². The Morgan fingerprint density at radius 2 is 1.63 bits per heavy atom. The summed E-state index contributed by atoms with van der Waals surface area (Å²) >= 11 is 0. The van der Waals surface area contributed by atoms with Gasteiger partial charge < -0.3 is 14.8 Å². The highest BCUT2D eigenvalue weighted by molar-refractivity contribution is 5.60. The molecule has 0 aromatic carbocycles. The van der Waals surface area contributed by atoms with Crippen LogP contribution >= 0.6 is 0 Å². The summed E-state index contributed by atoms with van der Waals surface area (Å²) in [4.78, 5) is 10.8. The monoisotopic (exact) mass is 271 g/mol.